The predicted octanol–water partition coefficient (Wildman–Crippen LogP) is 3.23. The van der Waals surface area contributed by atoms with Crippen molar-refractivity contribution in [3.8, 4) is 5.88 Å². The van der Waals surface area contributed by atoms with Crippen LogP contribution in [-0.4, -0.2) is 46.5 Å². The molecule has 0 aliphatic carbocycles. The van der Waals surface area contributed by atoms with Crippen molar-refractivity contribution in [3.05, 3.63) is 66.0 Å². The number of carbonyl (C=O) groups is 2. The van der Waals surface area contributed by atoms with Crippen LogP contribution in [0.15, 0.2) is 54.6 Å². The number of nitrogens with zero attached hydrogens (tertiary/aromatic N) is 3. The quantitative estimate of drug-likeness (QED) is 0.547. The molecule has 0 saturated carbocycles. The summed E-state index contributed by atoms with van der Waals surface area (Å²) in [6.45, 7) is 4.70. The van der Waals surface area contributed by atoms with Crippen LogP contribution in [0.2, 0.25) is 0 Å². The Morgan fingerprint density at radius 2 is 1.69 bits per heavy atom. The first-order valence-corrected chi connectivity index (χ1v) is 9.50. The van der Waals surface area contributed by atoms with E-state index in [-0.39, 0.29) is 30.8 Å². The van der Waals surface area contributed by atoms with Gasteiger partial charge >= 0.3 is 5.97 Å². The third-order valence-corrected chi connectivity index (χ3v) is 4.31. The van der Waals surface area contributed by atoms with E-state index in [9.17, 15) is 9.59 Å². The van der Waals surface area contributed by atoms with E-state index >= 15 is 0 Å². The number of para-hydroxylation sites is 1. The minimum absolute atomic E-state index is 0.0929. The van der Waals surface area contributed by atoms with Crippen LogP contribution in [0.4, 0.5) is 0 Å². The monoisotopic (exact) mass is 393 g/mol. The van der Waals surface area contributed by atoms with Crippen LogP contribution in [0, 0.1) is 0 Å². The van der Waals surface area contributed by atoms with E-state index in [1.54, 1.807) is 30.0 Å². The number of hydrogen-bond acceptors (Lipinski definition) is 6. The van der Waals surface area contributed by atoms with Crippen LogP contribution in [0.3, 0.4) is 0 Å². The van der Waals surface area contributed by atoms with Crippen LogP contribution in [-0.2, 0) is 16.1 Å². The lowest BCUT2D eigenvalue weighted by molar-refractivity contribution is -0.133. The number of benzene rings is 2. The van der Waals surface area contributed by atoms with Gasteiger partial charge in [0, 0.05) is 13.1 Å². The molecular formula is C22H23N3O4. The Balaban J connectivity index is 1.78. The van der Waals surface area contributed by atoms with E-state index in [0.717, 1.165) is 5.56 Å². The number of amides is 1. The van der Waals surface area contributed by atoms with Gasteiger partial charge in [-0.25, -0.2) is 9.78 Å². The maximum Gasteiger partial charge on any atom is 0.376 e. The van der Waals surface area contributed by atoms with Crippen LogP contribution in [0.25, 0.3) is 10.9 Å². The maximum absolute atomic E-state index is 12.7. The van der Waals surface area contributed by atoms with Crippen molar-refractivity contribution in [2.75, 3.05) is 19.8 Å². The lowest BCUT2D eigenvalue weighted by atomic mass is 10.2. The number of hydrogen-bond donors (Lipinski definition) is 0. The van der Waals surface area contributed by atoms with Gasteiger partial charge in [-0.3, -0.25) is 4.79 Å². The molecule has 1 aromatic heterocycles. The fourth-order valence-electron chi connectivity index (χ4n) is 2.85. The standard InChI is InChI=1S/C22H23N3O4/c1-3-25(14-16-10-6-5-7-11-16)19(26)15-29-21-17-12-8-9-13-18(17)23-20(24-21)22(27)28-4-2/h5-13H,3-4,14-15H2,1-2H3. The predicted molar refractivity (Wildman–Crippen MR) is 109 cm³/mol. The molecule has 0 spiro atoms. The Bertz CT molecular complexity index is 992. The molecule has 0 N–H and O–H groups in total. The maximum atomic E-state index is 12.7. The van der Waals surface area contributed by atoms with Gasteiger partial charge in [0.2, 0.25) is 11.7 Å². The summed E-state index contributed by atoms with van der Waals surface area (Å²) >= 11 is 0. The molecule has 0 atom stereocenters. The topological polar surface area (TPSA) is 81.6 Å². The Kier molecular flexibility index (Phi) is 6.73. The Morgan fingerprint density at radius 1 is 0.966 bits per heavy atom. The normalized spacial score (nSPS) is 10.6. The van der Waals surface area contributed by atoms with Crippen LogP contribution < -0.4 is 4.74 Å². The molecule has 0 bridgehead atoms. The number of carbonyl (C=O) groups excluding carboxylic acids is 2. The Morgan fingerprint density at radius 3 is 2.41 bits per heavy atom. The zero-order chi connectivity index (χ0) is 20.6. The zero-order valence-electron chi connectivity index (χ0n) is 16.5. The number of fused-ring (bicyclic) bond motifs is 1. The van der Waals surface area contributed by atoms with Crippen LogP contribution >= 0.6 is 0 Å². The van der Waals surface area contributed by atoms with Crippen molar-refractivity contribution in [2.24, 2.45) is 0 Å². The molecule has 0 aliphatic rings. The van der Waals surface area contributed by atoms with E-state index in [4.69, 9.17) is 9.47 Å². The summed E-state index contributed by atoms with van der Waals surface area (Å²) in [4.78, 5) is 34.8. The first-order valence-electron chi connectivity index (χ1n) is 9.50. The van der Waals surface area contributed by atoms with E-state index in [0.29, 0.717) is 24.0 Å². The second-order valence-electron chi connectivity index (χ2n) is 6.27. The van der Waals surface area contributed by atoms with Gasteiger partial charge in [-0.15, -0.1) is 0 Å². The summed E-state index contributed by atoms with van der Waals surface area (Å²) in [5.74, 6) is -0.710. The van der Waals surface area contributed by atoms with Crippen molar-refractivity contribution in [1.82, 2.24) is 14.9 Å². The smallest absolute Gasteiger partial charge is 0.376 e. The molecule has 29 heavy (non-hydrogen) atoms. The molecule has 150 valence electrons. The van der Waals surface area contributed by atoms with E-state index in [2.05, 4.69) is 9.97 Å². The number of rotatable bonds is 8. The van der Waals surface area contributed by atoms with Gasteiger partial charge in [0.1, 0.15) is 0 Å². The minimum Gasteiger partial charge on any atom is -0.467 e. The Labute approximate surface area is 169 Å². The van der Waals surface area contributed by atoms with E-state index in [1.165, 1.54) is 0 Å². The minimum atomic E-state index is -0.631. The molecule has 0 aliphatic heterocycles. The molecule has 0 unspecified atom stereocenters. The molecule has 2 aromatic carbocycles. The highest BCUT2D eigenvalue weighted by Crippen LogP contribution is 2.22. The fraction of sp³-hybridized carbons (Fsp3) is 0.273. The molecular weight excluding hydrogens is 370 g/mol. The van der Waals surface area contributed by atoms with Gasteiger partial charge < -0.3 is 14.4 Å². The summed E-state index contributed by atoms with van der Waals surface area (Å²) in [6, 6.07) is 16.9. The summed E-state index contributed by atoms with van der Waals surface area (Å²) in [6.07, 6.45) is 0. The average Bonchev–Trinajstić information content (AvgIpc) is 2.76. The first kappa shape index (κ1) is 20.3. The summed E-state index contributed by atoms with van der Waals surface area (Å²) in [5.41, 5.74) is 1.59. The summed E-state index contributed by atoms with van der Waals surface area (Å²) in [5, 5.41) is 0.624. The SMILES string of the molecule is CCOC(=O)c1nc(OCC(=O)N(CC)Cc2ccccc2)c2ccccc2n1. The van der Waals surface area contributed by atoms with Gasteiger partial charge in [-0.1, -0.05) is 42.5 Å². The van der Waals surface area contributed by atoms with Gasteiger partial charge in [0.25, 0.3) is 5.91 Å². The number of esters is 1. The number of likely N-dealkylation sites (N-methyl/N-ethyl adjacent to an activating group) is 1. The number of aromatic nitrogens is 2. The molecule has 7 nitrogen and oxygen atoms in total. The van der Waals surface area contributed by atoms with Crippen molar-refractivity contribution in [3.63, 3.8) is 0 Å². The highest BCUT2D eigenvalue weighted by Gasteiger charge is 2.18. The largest absolute Gasteiger partial charge is 0.467 e. The number of ether oxygens (including phenoxy) is 2. The third kappa shape index (κ3) is 5.07. The van der Waals surface area contributed by atoms with Crippen molar-refractivity contribution >= 4 is 22.8 Å². The molecule has 0 fully saturated rings. The molecule has 1 amide bonds. The van der Waals surface area contributed by atoms with E-state index < -0.39 is 5.97 Å². The van der Waals surface area contributed by atoms with Crippen molar-refractivity contribution in [1.29, 1.82) is 0 Å². The van der Waals surface area contributed by atoms with Gasteiger partial charge in [-0.2, -0.15) is 4.98 Å². The molecule has 0 radical (unpaired) electrons. The van der Waals surface area contributed by atoms with Crippen LogP contribution in [0.5, 0.6) is 5.88 Å². The van der Waals surface area contributed by atoms with Crippen molar-refractivity contribution in [2.45, 2.75) is 20.4 Å². The van der Waals surface area contributed by atoms with Gasteiger partial charge in [0.05, 0.1) is 17.5 Å². The second-order valence-corrected chi connectivity index (χ2v) is 6.27. The summed E-state index contributed by atoms with van der Waals surface area (Å²) in [7, 11) is 0. The highest BCUT2D eigenvalue weighted by molar-refractivity contribution is 5.91. The average molecular weight is 393 g/mol. The van der Waals surface area contributed by atoms with E-state index in [1.807, 2.05) is 43.3 Å². The lowest BCUT2D eigenvalue weighted by Crippen LogP contribution is -2.34. The molecule has 0 saturated heterocycles. The zero-order valence-corrected chi connectivity index (χ0v) is 16.5. The fourth-order valence-corrected chi connectivity index (χ4v) is 2.85. The van der Waals surface area contributed by atoms with Gasteiger partial charge in [0.15, 0.2) is 6.61 Å². The Hall–Kier alpha value is -3.48. The summed E-state index contributed by atoms with van der Waals surface area (Å²) < 4.78 is 10.7. The molecule has 7 heteroatoms. The second kappa shape index (κ2) is 9.64. The van der Waals surface area contributed by atoms with Gasteiger partial charge in [-0.05, 0) is 31.5 Å². The molecule has 1 heterocycles. The van der Waals surface area contributed by atoms with Crippen molar-refractivity contribution < 1.29 is 19.1 Å². The third-order valence-electron chi connectivity index (χ3n) is 4.31. The lowest BCUT2D eigenvalue weighted by Gasteiger charge is -2.21. The van der Waals surface area contributed by atoms with Crippen LogP contribution in [0.1, 0.15) is 30.0 Å². The molecule has 3 rings (SSSR count). The highest BCUT2D eigenvalue weighted by atomic mass is 16.5. The first-order chi connectivity index (χ1) is 14.1. The molecule has 3 aromatic rings.